The van der Waals surface area contributed by atoms with Crippen molar-refractivity contribution in [2.24, 2.45) is 0 Å². The van der Waals surface area contributed by atoms with E-state index in [1.807, 2.05) is 6.07 Å². The van der Waals surface area contributed by atoms with Crippen molar-refractivity contribution in [2.75, 3.05) is 6.54 Å². The van der Waals surface area contributed by atoms with E-state index in [-0.39, 0.29) is 0 Å². The zero-order valence-electron chi connectivity index (χ0n) is 7.57. The van der Waals surface area contributed by atoms with Crippen molar-refractivity contribution in [3.05, 3.63) is 24.2 Å². The summed E-state index contributed by atoms with van der Waals surface area (Å²) in [6.07, 6.45) is 4.28. The second-order valence-corrected chi connectivity index (χ2v) is 3.56. The number of hydrogen-bond donors (Lipinski definition) is 2. The first kappa shape index (κ1) is 8.78. The van der Waals surface area contributed by atoms with Crippen LogP contribution < -0.4 is 5.32 Å². The molecule has 72 valence electrons. The fourth-order valence-electron chi connectivity index (χ4n) is 1.82. The number of hydrogen-bond acceptors (Lipinski definition) is 3. The van der Waals surface area contributed by atoms with Gasteiger partial charge in [-0.1, -0.05) is 0 Å². The fraction of sp³-hybridized carbons (Fsp3) is 0.600. The number of aliphatic hydroxyl groups is 1. The van der Waals surface area contributed by atoms with Crippen LogP contribution in [-0.2, 0) is 0 Å². The van der Waals surface area contributed by atoms with Gasteiger partial charge in [0.15, 0.2) is 0 Å². The summed E-state index contributed by atoms with van der Waals surface area (Å²) in [6.45, 7) is 1.08. The summed E-state index contributed by atoms with van der Waals surface area (Å²) >= 11 is 0. The smallest absolute Gasteiger partial charge is 0.132 e. The van der Waals surface area contributed by atoms with Gasteiger partial charge in [-0.2, -0.15) is 0 Å². The molecule has 1 aliphatic rings. The molecule has 13 heavy (non-hydrogen) atoms. The van der Waals surface area contributed by atoms with E-state index in [2.05, 4.69) is 5.32 Å². The lowest BCUT2D eigenvalue weighted by atomic mass is 10.1. The Hall–Kier alpha value is -0.800. The maximum Gasteiger partial charge on any atom is 0.132 e. The molecule has 3 heteroatoms. The molecule has 2 heterocycles. The van der Waals surface area contributed by atoms with Crippen LogP contribution in [-0.4, -0.2) is 17.7 Å². The highest BCUT2D eigenvalue weighted by molar-refractivity contribution is 5.02. The Labute approximate surface area is 77.8 Å². The van der Waals surface area contributed by atoms with E-state index in [4.69, 9.17) is 4.42 Å². The van der Waals surface area contributed by atoms with Crippen LogP contribution in [0.4, 0.5) is 0 Å². The first-order valence-corrected chi connectivity index (χ1v) is 4.81. The average Bonchev–Trinajstić information content (AvgIpc) is 2.74. The highest BCUT2D eigenvalue weighted by atomic mass is 16.4. The van der Waals surface area contributed by atoms with Crippen molar-refractivity contribution in [2.45, 2.75) is 31.4 Å². The van der Waals surface area contributed by atoms with Crippen molar-refractivity contribution >= 4 is 0 Å². The lowest BCUT2D eigenvalue weighted by Crippen LogP contribution is -2.23. The van der Waals surface area contributed by atoms with Crippen molar-refractivity contribution in [1.29, 1.82) is 0 Å². The second-order valence-electron chi connectivity index (χ2n) is 3.56. The molecule has 1 aromatic heterocycles. The van der Waals surface area contributed by atoms with E-state index in [1.165, 1.54) is 6.42 Å². The Balaban J connectivity index is 1.87. The van der Waals surface area contributed by atoms with Gasteiger partial charge in [-0.25, -0.2) is 0 Å². The number of furan rings is 1. The molecule has 0 unspecified atom stereocenters. The number of rotatable bonds is 3. The fourth-order valence-corrected chi connectivity index (χ4v) is 1.82. The van der Waals surface area contributed by atoms with E-state index in [1.54, 1.807) is 12.3 Å². The molecule has 0 radical (unpaired) electrons. The maximum atomic E-state index is 9.74. The van der Waals surface area contributed by atoms with Crippen LogP contribution in [0.3, 0.4) is 0 Å². The lowest BCUT2D eigenvalue weighted by molar-refractivity contribution is 0.129. The predicted molar refractivity (Wildman–Crippen MR) is 49.3 cm³/mol. The summed E-state index contributed by atoms with van der Waals surface area (Å²) in [6, 6.07) is 4.08. The molecule has 1 saturated heterocycles. The molecule has 0 amide bonds. The summed E-state index contributed by atoms with van der Waals surface area (Å²) in [4.78, 5) is 0. The highest BCUT2D eigenvalue weighted by Gasteiger charge is 2.20. The third kappa shape index (κ3) is 2.11. The molecule has 2 atom stereocenters. The van der Waals surface area contributed by atoms with Crippen molar-refractivity contribution in [3.63, 3.8) is 0 Å². The van der Waals surface area contributed by atoms with E-state index >= 15 is 0 Å². The van der Waals surface area contributed by atoms with Crippen molar-refractivity contribution in [3.8, 4) is 0 Å². The topological polar surface area (TPSA) is 45.4 Å². The van der Waals surface area contributed by atoms with Gasteiger partial charge in [0.05, 0.1) is 6.26 Å². The molecule has 0 saturated carbocycles. The summed E-state index contributed by atoms with van der Waals surface area (Å²) in [5.74, 6) is 0.675. The Bertz CT molecular complexity index is 239. The minimum absolute atomic E-state index is 0.453. The molecule has 1 fully saturated rings. The molecular formula is C10H15NO2. The molecule has 0 spiro atoms. The lowest BCUT2D eigenvalue weighted by Gasteiger charge is -2.13. The zero-order valence-corrected chi connectivity index (χ0v) is 7.57. The van der Waals surface area contributed by atoms with Gasteiger partial charge in [-0.15, -0.1) is 0 Å². The molecule has 0 bridgehead atoms. The van der Waals surface area contributed by atoms with Gasteiger partial charge in [-0.05, 0) is 37.9 Å². The molecule has 1 aromatic rings. The highest BCUT2D eigenvalue weighted by Crippen LogP contribution is 2.21. The maximum absolute atomic E-state index is 9.74. The Morgan fingerprint density at radius 2 is 2.62 bits per heavy atom. The van der Waals surface area contributed by atoms with Gasteiger partial charge in [0, 0.05) is 6.04 Å². The van der Waals surface area contributed by atoms with Crippen LogP contribution in [0.25, 0.3) is 0 Å². The van der Waals surface area contributed by atoms with E-state index in [9.17, 15) is 5.11 Å². The Morgan fingerprint density at radius 1 is 1.69 bits per heavy atom. The summed E-state index contributed by atoms with van der Waals surface area (Å²) in [5, 5.41) is 13.1. The minimum atomic E-state index is -0.453. The van der Waals surface area contributed by atoms with Gasteiger partial charge >= 0.3 is 0 Å². The molecule has 2 rings (SSSR count). The predicted octanol–water partition coefficient (Wildman–Crippen LogP) is 1.46. The monoisotopic (exact) mass is 181 g/mol. The van der Waals surface area contributed by atoms with Gasteiger partial charge in [0.1, 0.15) is 11.9 Å². The number of aliphatic hydroxyl groups excluding tert-OH is 1. The third-order valence-corrected chi connectivity index (χ3v) is 2.54. The molecule has 0 aliphatic carbocycles. The molecule has 2 N–H and O–H groups in total. The first-order valence-electron chi connectivity index (χ1n) is 4.81. The summed E-state index contributed by atoms with van der Waals surface area (Å²) in [5.41, 5.74) is 0. The standard InChI is InChI=1S/C10H15NO2/c12-9(10-4-2-6-13-10)7-8-3-1-5-11-8/h2,4,6,8-9,11-12H,1,3,5,7H2/t8-,9-/m0/s1. The van der Waals surface area contributed by atoms with Crippen LogP contribution in [0.15, 0.2) is 22.8 Å². The zero-order chi connectivity index (χ0) is 9.10. The quantitative estimate of drug-likeness (QED) is 0.742. The van der Waals surface area contributed by atoms with Crippen LogP contribution in [0.2, 0.25) is 0 Å². The van der Waals surface area contributed by atoms with Crippen LogP contribution in [0.1, 0.15) is 31.1 Å². The minimum Gasteiger partial charge on any atom is -0.467 e. The third-order valence-electron chi connectivity index (χ3n) is 2.54. The van der Waals surface area contributed by atoms with Gasteiger partial charge in [-0.3, -0.25) is 0 Å². The Morgan fingerprint density at radius 3 is 3.23 bits per heavy atom. The van der Waals surface area contributed by atoms with Crippen molar-refractivity contribution in [1.82, 2.24) is 5.32 Å². The second kappa shape index (κ2) is 3.94. The Kier molecular flexibility index (Phi) is 2.66. The largest absolute Gasteiger partial charge is 0.467 e. The summed E-state index contributed by atoms with van der Waals surface area (Å²) in [7, 11) is 0. The van der Waals surface area contributed by atoms with Gasteiger partial charge < -0.3 is 14.8 Å². The summed E-state index contributed by atoms with van der Waals surface area (Å²) < 4.78 is 5.13. The van der Waals surface area contributed by atoms with Gasteiger partial charge in [0.2, 0.25) is 0 Å². The van der Waals surface area contributed by atoms with Crippen LogP contribution in [0, 0.1) is 0 Å². The SMILES string of the molecule is O[C@@H](C[C@@H]1CCCN1)c1ccco1. The van der Waals surface area contributed by atoms with Crippen LogP contribution in [0.5, 0.6) is 0 Å². The van der Waals surface area contributed by atoms with E-state index in [0.29, 0.717) is 11.8 Å². The molecule has 0 aromatic carbocycles. The van der Waals surface area contributed by atoms with E-state index in [0.717, 1.165) is 19.4 Å². The average molecular weight is 181 g/mol. The number of nitrogens with one attached hydrogen (secondary N) is 1. The van der Waals surface area contributed by atoms with Gasteiger partial charge in [0.25, 0.3) is 0 Å². The molecular weight excluding hydrogens is 166 g/mol. The molecule has 3 nitrogen and oxygen atoms in total. The first-order chi connectivity index (χ1) is 6.36. The normalized spacial score (nSPS) is 24.8. The molecule has 1 aliphatic heterocycles. The van der Waals surface area contributed by atoms with E-state index < -0.39 is 6.10 Å². The van der Waals surface area contributed by atoms with Crippen molar-refractivity contribution < 1.29 is 9.52 Å². The van der Waals surface area contributed by atoms with Crippen LogP contribution >= 0.6 is 0 Å².